The van der Waals surface area contributed by atoms with Crippen LogP contribution < -0.4 is 0 Å². The molecule has 0 aliphatic heterocycles. The molecular formula is C12H15N3. The number of H-pyrrole nitrogens is 1. The van der Waals surface area contributed by atoms with Crippen LogP contribution >= 0.6 is 0 Å². The summed E-state index contributed by atoms with van der Waals surface area (Å²) in [5.74, 6) is 1.78. The Morgan fingerprint density at radius 3 is 2.60 bits per heavy atom. The van der Waals surface area contributed by atoms with Crippen LogP contribution in [0.3, 0.4) is 0 Å². The van der Waals surface area contributed by atoms with Crippen LogP contribution in [0.1, 0.15) is 22.8 Å². The lowest BCUT2D eigenvalue weighted by Crippen LogP contribution is -1.95. The molecule has 2 rings (SSSR count). The third-order valence-corrected chi connectivity index (χ3v) is 2.52. The van der Waals surface area contributed by atoms with Crippen molar-refractivity contribution in [3.8, 4) is 0 Å². The lowest BCUT2D eigenvalue weighted by Gasteiger charge is -2.02. The Morgan fingerprint density at radius 2 is 1.93 bits per heavy atom. The van der Waals surface area contributed by atoms with Crippen molar-refractivity contribution in [2.24, 2.45) is 0 Å². The second-order valence-electron chi connectivity index (χ2n) is 3.76. The number of aryl methyl sites for hydroxylation is 4. The van der Waals surface area contributed by atoms with E-state index in [2.05, 4.69) is 46.4 Å². The smallest absolute Gasteiger partial charge is 0.151 e. The summed E-state index contributed by atoms with van der Waals surface area (Å²) in [7, 11) is 0. The molecule has 78 valence electrons. The lowest BCUT2D eigenvalue weighted by molar-refractivity contribution is 0.860. The van der Waals surface area contributed by atoms with Gasteiger partial charge in [-0.05, 0) is 31.4 Å². The number of rotatable bonds is 3. The molecule has 1 aromatic carbocycles. The third-order valence-electron chi connectivity index (χ3n) is 2.52. The van der Waals surface area contributed by atoms with E-state index in [1.165, 1.54) is 11.1 Å². The number of hydrogen-bond acceptors (Lipinski definition) is 2. The Balaban J connectivity index is 2.02. The van der Waals surface area contributed by atoms with E-state index in [-0.39, 0.29) is 0 Å². The molecule has 3 heteroatoms. The first-order chi connectivity index (χ1) is 7.25. The van der Waals surface area contributed by atoms with Gasteiger partial charge >= 0.3 is 0 Å². The van der Waals surface area contributed by atoms with Crippen molar-refractivity contribution < 1.29 is 0 Å². The van der Waals surface area contributed by atoms with E-state index in [1.54, 1.807) is 0 Å². The number of hydrogen-bond donors (Lipinski definition) is 1. The molecule has 1 aromatic heterocycles. The zero-order valence-corrected chi connectivity index (χ0v) is 9.12. The molecule has 1 heterocycles. The van der Waals surface area contributed by atoms with Gasteiger partial charge in [-0.3, -0.25) is 5.10 Å². The molecule has 0 saturated carbocycles. The van der Waals surface area contributed by atoms with Crippen LogP contribution in [0.5, 0.6) is 0 Å². The summed E-state index contributed by atoms with van der Waals surface area (Å²) in [5.41, 5.74) is 2.71. The van der Waals surface area contributed by atoms with Gasteiger partial charge in [-0.2, -0.15) is 5.10 Å². The molecule has 2 aromatic rings. The molecule has 15 heavy (non-hydrogen) atoms. The van der Waals surface area contributed by atoms with Gasteiger partial charge in [0.1, 0.15) is 5.82 Å². The Labute approximate surface area is 89.6 Å². The van der Waals surface area contributed by atoms with Crippen molar-refractivity contribution in [2.75, 3.05) is 0 Å². The van der Waals surface area contributed by atoms with Gasteiger partial charge in [0.05, 0.1) is 0 Å². The number of benzene rings is 1. The SMILES string of the molecule is Cc1nc(CCc2ccccc2C)n[nH]1. The summed E-state index contributed by atoms with van der Waals surface area (Å²) < 4.78 is 0. The highest BCUT2D eigenvalue weighted by Crippen LogP contribution is 2.09. The summed E-state index contributed by atoms with van der Waals surface area (Å²) in [6.07, 6.45) is 1.90. The zero-order valence-electron chi connectivity index (χ0n) is 9.12. The van der Waals surface area contributed by atoms with Gasteiger partial charge in [0.15, 0.2) is 5.82 Å². The first-order valence-electron chi connectivity index (χ1n) is 5.18. The summed E-state index contributed by atoms with van der Waals surface area (Å²) in [6, 6.07) is 8.44. The molecule has 0 unspecified atom stereocenters. The first kappa shape index (κ1) is 9.90. The van der Waals surface area contributed by atoms with Crippen molar-refractivity contribution in [3.63, 3.8) is 0 Å². The standard InChI is InChI=1S/C12H15N3/c1-9-5-3-4-6-11(9)7-8-12-13-10(2)14-15-12/h3-6H,7-8H2,1-2H3,(H,13,14,15). The fourth-order valence-electron chi connectivity index (χ4n) is 1.64. The van der Waals surface area contributed by atoms with Gasteiger partial charge in [0.25, 0.3) is 0 Å². The third kappa shape index (κ3) is 2.43. The first-order valence-corrected chi connectivity index (χ1v) is 5.18. The average molecular weight is 201 g/mol. The van der Waals surface area contributed by atoms with Crippen LogP contribution in [0.4, 0.5) is 0 Å². The molecule has 0 aliphatic rings. The normalized spacial score (nSPS) is 10.5. The molecule has 0 radical (unpaired) electrons. The van der Waals surface area contributed by atoms with Gasteiger partial charge in [-0.25, -0.2) is 4.98 Å². The highest BCUT2D eigenvalue weighted by Gasteiger charge is 2.02. The van der Waals surface area contributed by atoms with E-state index < -0.39 is 0 Å². The van der Waals surface area contributed by atoms with Gasteiger partial charge < -0.3 is 0 Å². The predicted octanol–water partition coefficient (Wildman–Crippen LogP) is 2.21. The maximum atomic E-state index is 4.29. The second-order valence-corrected chi connectivity index (χ2v) is 3.76. The van der Waals surface area contributed by atoms with Gasteiger partial charge in [-0.1, -0.05) is 24.3 Å². The van der Waals surface area contributed by atoms with Crippen molar-refractivity contribution in [1.82, 2.24) is 15.2 Å². The van der Waals surface area contributed by atoms with Crippen LogP contribution in [-0.2, 0) is 12.8 Å². The summed E-state index contributed by atoms with van der Waals surface area (Å²) in [6.45, 7) is 4.06. The predicted molar refractivity (Wildman–Crippen MR) is 59.7 cm³/mol. The Kier molecular flexibility index (Phi) is 2.81. The van der Waals surface area contributed by atoms with Gasteiger partial charge in [-0.15, -0.1) is 0 Å². The quantitative estimate of drug-likeness (QED) is 0.827. The minimum absolute atomic E-state index is 0.884. The van der Waals surface area contributed by atoms with Crippen molar-refractivity contribution in [3.05, 3.63) is 47.0 Å². The van der Waals surface area contributed by atoms with E-state index >= 15 is 0 Å². The van der Waals surface area contributed by atoms with E-state index in [9.17, 15) is 0 Å². The Morgan fingerprint density at radius 1 is 1.13 bits per heavy atom. The average Bonchev–Trinajstić information content (AvgIpc) is 2.63. The van der Waals surface area contributed by atoms with Crippen molar-refractivity contribution >= 4 is 0 Å². The molecular weight excluding hydrogens is 186 g/mol. The molecule has 0 bridgehead atoms. The summed E-state index contributed by atoms with van der Waals surface area (Å²) in [5, 5.41) is 6.98. The summed E-state index contributed by atoms with van der Waals surface area (Å²) in [4.78, 5) is 4.29. The minimum atomic E-state index is 0.884. The lowest BCUT2D eigenvalue weighted by atomic mass is 10.0. The number of aromatic amines is 1. The largest absolute Gasteiger partial charge is 0.263 e. The maximum Gasteiger partial charge on any atom is 0.151 e. The Bertz CT molecular complexity index is 446. The molecule has 0 atom stereocenters. The fourth-order valence-corrected chi connectivity index (χ4v) is 1.64. The molecule has 0 aliphatic carbocycles. The second kappa shape index (κ2) is 4.26. The van der Waals surface area contributed by atoms with E-state index in [0.29, 0.717) is 0 Å². The highest BCUT2D eigenvalue weighted by molar-refractivity contribution is 5.25. The van der Waals surface area contributed by atoms with Crippen LogP contribution in [0.15, 0.2) is 24.3 Å². The maximum absolute atomic E-state index is 4.29. The monoisotopic (exact) mass is 201 g/mol. The topological polar surface area (TPSA) is 41.6 Å². The van der Waals surface area contributed by atoms with E-state index in [0.717, 1.165) is 24.5 Å². The fraction of sp³-hybridized carbons (Fsp3) is 0.333. The molecule has 0 amide bonds. The number of nitrogens with one attached hydrogen (secondary N) is 1. The van der Waals surface area contributed by atoms with Crippen LogP contribution in [0, 0.1) is 13.8 Å². The van der Waals surface area contributed by atoms with Crippen molar-refractivity contribution in [2.45, 2.75) is 26.7 Å². The summed E-state index contributed by atoms with van der Waals surface area (Å²) >= 11 is 0. The highest BCUT2D eigenvalue weighted by atomic mass is 15.2. The van der Waals surface area contributed by atoms with Gasteiger partial charge in [0.2, 0.25) is 0 Å². The van der Waals surface area contributed by atoms with E-state index in [4.69, 9.17) is 0 Å². The molecule has 0 fully saturated rings. The minimum Gasteiger partial charge on any atom is -0.263 e. The van der Waals surface area contributed by atoms with Crippen molar-refractivity contribution in [1.29, 1.82) is 0 Å². The van der Waals surface area contributed by atoms with E-state index in [1.807, 2.05) is 6.92 Å². The molecule has 1 N–H and O–H groups in total. The molecule has 3 nitrogen and oxygen atoms in total. The van der Waals surface area contributed by atoms with Crippen LogP contribution in [0.25, 0.3) is 0 Å². The van der Waals surface area contributed by atoms with Gasteiger partial charge in [0, 0.05) is 6.42 Å². The van der Waals surface area contributed by atoms with Crippen LogP contribution in [-0.4, -0.2) is 15.2 Å². The zero-order chi connectivity index (χ0) is 10.7. The number of nitrogens with zero attached hydrogens (tertiary/aromatic N) is 2. The molecule has 0 spiro atoms. The van der Waals surface area contributed by atoms with Crippen LogP contribution in [0.2, 0.25) is 0 Å². The Hall–Kier alpha value is -1.64. The number of aromatic nitrogens is 3. The molecule has 0 saturated heterocycles.